The Morgan fingerprint density at radius 1 is 1.10 bits per heavy atom. The van der Waals surface area contributed by atoms with Gasteiger partial charge in [-0.3, -0.25) is 9.59 Å². The van der Waals surface area contributed by atoms with Gasteiger partial charge in [0.2, 0.25) is 5.91 Å². The van der Waals surface area contributed by atoms with E-state index >= 15 is 0 Å². The van der Waals surface area contributed by atoms with Crippen LogP contribution in [-0.2, 0) is 17.9 Å². The molecular formula is C23H28N4O2. The van der Waals surface area contributed by atoms with Gasteiger partial charge in [0.05, 0.1) is 17.6 Å². The zero-order valence-corrected chi connectivity index (χ0v) is 17.3. The van der Waals surface area contributed by atoms with Crippen LogP contribution in [0.4, 0.5) is 0 Å². The summed E-state index contributed by atoms with van der Waals surface area (Å²) in [4.78, 5) is 31.6. The van der Waals surface area contributed by atoms with Crippen LogP contribution >= 0.6 is 0 Å². The summed E-state index contributed by atoms with van der Waals surface area (Å²) in [6.45, 7) is 5.29. The number of carbonyl (C=O) groups is 2. The quantitative estimate of drug-likeness (QED) is 0.638. The lowest BCUT2D eigenvalue weighted by atomic mass is 10.1. The number of imidazole rings is 1. The van der Waals surface area contributed by atoms with E-state index in [1.54, 1.807) is 17.0 Å². The molecule has 0 saturated carbocycles. The Morgan fingerprint density at radius 2 is 1.83 bits per heavy atom. The summed E-state index contributed by atoms with van der Waals surface area (Å²) < 4.78 is 1.90. The van der Waals surface area contributed by atoms with Crippen molar-refractivity contribution < 1.29 is 9.59 Å². The lowest BCUT2D eigenvalue weighted by molar-refractivity contribution is -0.130. The monoisotopic (exact) mass is 392 g/mol. The third kappa shape index (κ3) is 5.02. The van der Waals surface area contributed by atoms with Crippen molar-refractivity contribution in [3.8, 4) is 0 Å². The Hall–Kier alpha value is -3.15. The number of para-hydroxylation sites is 2. The van der Waals surface area contributed by atoms with E-state index in [1.165, 1.54) is 0 Å². The molecule has 3 rings (SSSR count). The summed E-state index contributed by atoms with van der Waals surface area (Å²) in [6, 6.07) is 15.2. The molecule has 0 radical (unpaired) electrons. The van der Waals surface area contributed by atoms with Gasteiger partial charge < -0.3 is 14.8 Å². The molecule has 0 saturated heterocycles. The van der Waals surface area contributed by atoms with Crippen molar-refractivity contribution in [2.24, 2.45) is 0 Å². The molecule has 3 aromatic rings. The predicted octanol–water partition coefficient (Wildman–Crippen LogP) is 3.53. The Morgan fingerprint density at radius 3 is 2.55 bits per heavy atom. The molecule has 0 spiro atoms. The number of aryl methyl sites for hydroxylation is 1. The fourth-order valence-corrected chi connectivity index (χ4v) is 3.18. The number of benzene rings is 2. The van der Waals surface area contributed by atoms with Gasteiger partial charge in [-0.05, 0) is 37.6 Å². The summed E-state index contributed by atoms with van der Waals surface area (Å²) in [5.41, 5.74) is 3.42. The summed E-state index contributed by atoms with van der Waals surface area (Å²) in [5, 5.41) is 2.93. The van der Waals surface area contributed by atoms with E-state index < -0.39 is 0 Å². The number of fused-ring (bicyclic) bond motifs is 1. The first-order valence-electron chi connectivity index (χ1n) is 10.0. The number of nitrogens with one attached hydrogen (secondary N) is 1. The smallest absolute Gasteiger partial charge is 0.251 e. The third-order valence-corrected chi connectivity index (χ3v) is 5.02. The second-order valence-corrected chi connectivity index (χ2v) is 7.32. The van der Waals surface area contributed by atoms with E-state index in [2.05, 4.69) is 17.2 Å². The number of hydrogen-bond donors (Lipinski definition) is 1. The normalized spacial score (nSPS) is 10.9. The maximum atomic E-state index is 12.7. The number of nitrogens with zero attached hydrogens (tertiary/aromatic N) is 3. The average molecular weight is 393 g/mol. The second kappa shape index (κ2) is 9.37. The molecule has 1 N–H and O–H groups in total. The highest BCUT2D eigenvalue weighted by Gasteiger charge is 2.16. The zero-order chi connectivity index (χ0) is 20.8. The number of hydrogen-bond acceptors (Lipinski definition) is 3. The number of carbonyl (C=O) groups excluding carboxylic acids is 2. The molecule has 6 heteroatoms. The van der Waals surface area contributed by atoms with Crippen LogP contribution in [0.25, 0.3) is 11.0 Å². The van der Waals surface area contributed by atoms with Gasteiger partial charge in [0.25, 0.3) is 5.91 Å². The summed E-state index contributed by atoms with van der Waals surface area (Å²) in [7, 11) is 1.83. The Bertz CT molecular complexity index is 992. The van der Waals surface area contributed by atoms with Crippen LogP contribution in [0.15, 0.2) is 48.5 Å². The van der Waals surface area contributed by atoms with Gasteiger partial charge in [0.1, 0.15) is 12.4 Å². The van der Waals surface area contributed by atoms with Crippen molar-refractivity contribution in [1.82, 2.24) is 19.8 Å². The first kappa shape index (κ1) is 20.6. The second-order valence-electron chi connectivity index (χ2n) is 7.32. The van der Waals surface area contributed by atoms with Gasteiger partial charge in [0.15, 0.2) is 0 Å². The lowest BCUT2D eigenvalue weighted by Crippen LogP contribution is -2.32. The number of likely N-dealkylation sites (N-methyl/N-ethyl adjacent to an activating group) is 1. The Labute approximate surface area is 171 Å². The van der Waals surface area contributed by atoms with Crippen molar-refractivity contribution in [2.75, 3.05) is 13.6 Å². The van der Waals surface area contributed by atoms with Crippen molar-refractivity contribution >= 4 is 22.8 Å². The summed E-state index contributed by atoms with van der Waals surface area (Å²) in [5.74, 6) is 0.548. The Kier molecular flexibility index (Phi) is 6.65. The minimum Gasteiger partial charge on any atom is -0.345 e. The van der Waals surface area contributed by atoms with Crippen LogP contribution in [0, 0.1) is 6.92 Å². The van der Waals surface area contributed by atoms with E-state index in [1.807, 2.05) is 54.9 Å². The molecule has 0 aliphatic rings. The molecule has 0 fully saturated rings. The van der Waals surface area contributed by atoms with Crippen LogP contribution in [0.5, 0.6) is 0 Å². The van der Waals surface area contributed by atoms with Crippen LogP contribution in [0.3, 0.4) is 0 Å². The highest BCUT2D eigenvalue weighted by molar-refractivity contribution is 5.94. The van der Waals surface area contributed by atoms with Crippen molar-refractivity contribution in [1.29, 1.82) is 0 Å². The molecule has 2 aromatic carbocycles. The lowest BCUT2D eigenvalue weighted by Gasteiger charge is -2.18. The summed E-state index contributed by atoms with van der Waals surface area (Å²) in [6.07, 6.45) is 2.02. The van der Waals surface area contributed by atoms with Crippen molar-refractivity contribution in [2.45, 2.75) is 39.8 Å². The van der Waals surface area contributed by atoms with E-state index in [-0.39, 0.29) is 24.9 Å². The molecule has 0 aliphatic carbocycles. The number of amides is 2. The van der Waals surface area contributed by atoms with Gasteiger partial charge >= 0.3 is 0 Å². The van der Waals surface area contributed by atoms with Crippen LogP contribution in [-0.4, -0.2) is 39.9 Å². The first-order chi connectivity index (χ1) is 14.0. The molecule has 2 amide bonds. The molecule has 1 heterocycles. The predicted molar refractivity (Wildman–Crippen MR) is 115 cm³/mol. The van der Waals surface area contributed by atoms with E-state index in [0.29, 0.717) is 11.4 Å². The average Bonchev–Trinajstić information content (AvgIpc) is 3.08. The van der Waals surface area contributed by atoms with Gasteiger partial charge in [-0.15, -0.1) is 0 Å². The van der Waals surface area contributed by atoms with Crippen LogP contribution in [0.2, 0.25) is 0 Å². The van der Waals surface area contributed by atoms with Crippen LogP contribution < -0.4 is 5.32 Å². The fraction of sp³-hybridized carbons (Fsp3) is 0.348. The molecule has 152 valence electrons. The third-order valence-electron chi connectivity index (χ3n) is 5.02. The fourth-order valence-electron chi connectivity index (χ4n) is 3.18. The largest absolute Gasteiger partial charge is 0.345 e. The van der Waals surface area contributed by atoms with Crippen LogP contribution in [0.1, 0.15) is 41.5 Å². The van der Waals surface area contributed by atoms with Gasteiger partial charge in [0, 0.05) is 19.2 Å². The Balaban J connectivity index is 1.78. The van der Waals surface area contributed by atoms with E-state index in [0.717, 1.165) is 36.0 Å². The van der Waals surface area contributed by atoms with Crippen molar-refractivity contribution in [3.63, 3.8) is 0 Å². The summed E-state index contributed by atoms with van der Waals surface area (Å²) >= 11 is 0. The first-order valence-corrected chi connectivity index (χ1v) is 10.0. The van der Waals surface area contributed by atoms with Crippen molar-refractivity contribution in [3.05, 3.63) is 65.5 Å². The number of unbranched alkanes of at least 4 members (excludes halogenated alkanes) is 1. The molecule has 0 unspecified atom stereocenters. The topological polar surface area (TPSA) is 67.2 Å². The van der Waals surface area contributed by atoms with E-state index in [9.17, 15) is 9.59 Å². The molecule has 1 aromatic heterocycles. The maximum Gasteiger partial charge on any atom is 0.251 e. The van der Waals surface area contributed by atoms with E-state index in [4.69, 9.17) is 0 Å². The molecule has 0 atom stereocenters. The maximum absolute atomic E-state index is 12.7. The minimum absolute atomic E-state index is 0.0349. The zero-order valence-electron chi connectivity index (χ0n) is 17.3. The van der Waals surface area contributed by atoms with Gasteiger partial charge in [-0.25, -0.2) is 4.98 Å². The SMILES string of the molecule is CCCCN(C)C(=O)Cn1c(CNC(=O)c2ccc(C)cc2)nc2ccccc21. The molecule has 29 heavy (non-hydrogen) atoms. The van der Waals surface area contributed by atoms with Gasteiger partial charge in [-0.1, -0.05) is 43.2 Å². The molecular weight excluding hydrogens is 364 g/mol. The standard InChI is InChI=1S/C23H28N4O2/c1-4-5-14-26(3)22(28)16-27-20-9-7-6-8-19(20)25-21(27)15-24-23(29)18-12-10-17(2)11-13-18/h6-13H,4-5,14-16H2,1-3H3,(H,24,29). The molecule has 0 bridgehead atoms. The molecule has 6 nitrogen and oxygen atoms in total. The highest BCUT2D eigenvalue weighted by atomic mass is 16.2. The number of rotatable bonds is 8. The minimum atomic E-state index is -0.157. The molecule has 0 aliphatic heterocycles. The number of aromatic nitrogens is 2. The highest BCUT2D eigenvalue weighted by Crippen LogP contribution is 2.17. The van der Waals surface area contributed by atoms with Gasteiger partial charge in [-0.2, -0.15) is 0 Å².